The third-order valence-electron chi connectivity index (χ3n) is 6.18. The Kier molecular flexibility index (Phi) is 5.21. The summed E-state index contributed by atoms with van der Waals surface area (Å²) in [7, 11) is 2.27. The lowest BCUT2D eigenvalue weighted by Crippen LogP contribution is -2.38. The minimum atomic E-state index is -3.54. The van der Waals surface area contributed by atoms with Crippen LogP contribution in [-0.2, 0) is 35.8 Å². The van der Waals surface area contributed by atoms with Gasteiger partial charge in [-0.15, -0.1) is 0 Å². The third kappa shape index (κ3) is 3.34. The second-order valence-electron chi connectivity index (χ2n) is 7.94. The molecule has 0 aromatic heterocycles. The summed E-state index contributed by atoms with van der Waals surface area (Å²) in [5.41, 5.74) is 4.34. The van der Waals surface area contributed by atoms with E-state index in [9.17, 15) is 8.42 Å². The largest absolute Gasteiger partial charge is 0.496 e. The summed E-state index contributed by atoms with van der Waals surface area (Å²) in [5, 5.41) is 0. The average molecular weight is 401 g/mol. The van der Waals surface area contributed by atoms with Gasteiger partial charge in [-0.25, -0.2) is 8.42 Å². The predicted molar refractivity (Wildman–Crippen MR) is 110 cm³/mol. The fraction of sp³-hybridized carbons (Fsp3) is 0.455. The van der Waals surface area contributed by atoms with E-state index < -0.39 is 10.0 Å². The van der Waals surface area contributed by atoms with Gasteiger partial charge in [0.15, 0.2) is 0 Å². The summed E-state index contributed by atoms with van der Waals surface area (Å²) < 4.78 is 34.3. The van der Waals surface area contributed by atoms with Gasteiger partial charge in [-0.2, -0.15) is 4.31 Å². The van der Waals surface area contributed by atoms with Crippen LogP contribution in [0.25, 0.3) is 0 Å². The molecular weight excluding hydrogens is 372 g/mol. The molecule has 1 heterocycles. The summed E-state index contributed by atoms with van der Waals surface area (Å²) in [6.07, 6.45) is 3.29. The molecule has 0 amide bonds. The van der Waals surface area contributed by atoms with Crippen LogP contribution in [0.4, 0.5) is 0 Å². The Labute approximate surface area is 168 Å². The van der Waals surface area contributed by atoms with Crippen molar-refractivity contribution in [3.05, 3.63) is 58.7 Å². The molecule has 5 nitrogen and oxygen atoms in total. The number of likely N-dealkylation sites (N-methyl/N-ethyl adjacent to an activating group) is 1. The van der Waals surface area contributed by atoms with Crippen molar-refractivity contribution in [3.63, 3.8) is 0 Å². The molecule has 1 atom stereocenters. The number of ether oxygens (including phenoxy) is 1. The zero-order valence-electron chi connectivity index (χ0n) is 16.8. The number of nitrogens with zero attached hydrogens (tertiary/aromatic N) is 2. The van der Waals surface area contributed by atoms with Crippen molar-refractivity contribution < 1.29 is 13.2 Å². The molecule has 0 spiro atoms. The lowest BCUT2D eigenvalue weighted by atomic mass is 9.87. The molecule has 2 aromatic rings. The van der Waals surface area contributed by atoms with Crippen LogP contribution in [0.1, 0.15) is 28.7 Å². The molecule has 0 N–H and O–H groups in total. The molecular formula is C22H28N2O3S. The Hall–Kier alpha value is -1.89. The zero-order valence-corrected chi connectivity index (χ0v) is 17.6. The average Bonchev–Trinajstić information content (AvgIpc) is 2.71. The van der Waals surface area contributed by atoms with Gasteiger partial charge in [-0.1, -0.05) is 24.3 Å². The smallest absolute Gasteiger partial charge is 0.243 e. The van der Waals surface area contributed by atoms with Gasteiger partial charge in [0.1, 0.15) is 5.75 Å². The van der Waals surface area contributed by atoms with Crippen LogP contribution in [-0.4, -0.2) is 51.4 Å². The predicted octanol–water partition coefficient (Wildman–Crippen LogP) is 2.86. The summed E-state index contributed by atoms with van der Waals surface area (Å²) in [6.45, 7) is 0.972. The first-order valence-corrected chi connectivity index (χ1v) is 11.3. The molecule has 28 heavy (non-hydrogen) atoms. The van der Waals surface area contributed by atoms with Gasteiger partial charge in [0.05, 0.1) is 12.0 Å². The van der Waals surface area contributed by atoms with Crippen LogP contribution in [0.2, 0.25) is 0 Å². The molecule has 0 fully saturated rings. The molecule has 1 aliphatic carbocycles. The highest BCUT2D eigenvalue weighted by Gasteiger charge is 2.34. The van der Waals surface area contributed by atoms with Crippen LogP contribution >= 0.6 is 0 Å². The Morgan fingerprint density at radius 1 is 1.04 bits per heavy atom. The molecule has 2 aliphatic rings. The Bertz CT molecular complexity index is 985. The first-order chi connectivity index (χ1) is 13.4. The standard InChI is InChI=1S/C22H28N2O3S/c1-23(2)18-8-9-19-20(14-18)21(27-3)10-11-22(19)28(25,26)24-13-12-16-6-4-5-7-17(16)15-24/h4-7,10-11,18H,8-9,12-15H2,1-3H3/t18-/m0/s1. The maximum absolute atomic E-state index is 13.6. The molecule has 1 aliphatic heterocycles. The van der Waals surface area contributed by atoms with Crippen molar-refractivity contribution in [2.24, 2.45) is 0 Å². The second kappa shape index (κ2) is 7.50. The van der Waals surface area contributed by atoms with E-state index in [1.54, 1.807) is 17.5 Å². The van der Waals surface area contributed by atoms with E-state index in [2.05, 4.69) is 25.1 Å². The normalized spacial score (nSPS) is 19.9. The topological polar surface area (TPSA) is 49.9 Å². The molecule has 0 saturated heterocycles. The lowest BCUT2D eigenvalue weighted by molar-refractivity contribution is 0.263. The highest BCUT2D eigenvalue weighted by atomic mass is 32.2. The van der Waals surface area contributed by atoms with Crippen molar-refractivity contribution in [1.82, 2.24) is 9.21 Å². The number of hydrogen-bond acceptors (Lipinski definition) is 4. The van der Waals surface area contributed by atoms with E-state index in [1.807, 2.05) is 24.3 Å². The number of benzene rings is 2. The van der Waals surface area contributed by atoms with Crippen molar-refractivity contribution >= 4 is 10.0 Å². The second-order valence-corrected chi connectivity index (χ2v) is 9.85. The van der Waals surface area contributed by atoms with Crippen molar-refractivity contribution in [2.75, 3.05) is 27.7 Å². The number of methoxy groups -OCH3 is 1. The van der Waals surface area contributed by atoms with Gasteiger partial charge in [-0.3, -0.25) is 0 Å². The van der Waals surface area contributed by atoms with Crippen molar-refractivity contribution in [1.29, 1.82) is 0 Å². The van der Waals surface area contributed by atoms with Crippen LogP contribution in [0.5, 0.6) is 5.75 Å². The molecule has 6 heteroatoms. The van der Waals surface area contributed by atoms with E-state index in [-0.39, 0.29) is 0 Å². The van der Waals surface area contributed by atoms with E-state index in [1.165, 1.54) is 5.56 Å². The fourth-order valence-corrected chi connectivity index (χ4v) is 6.18. The van der Waals surface area contributed by atoms with Gasteiger partial charge in [-0.05, 0) is 68.6 Å². The first kappa shape index (κ1) is 19.4. The molecule has 0 saturated carbocycles. The molecule has 2 aromatic carbocycles. The first-order valence-electron chi connectivity index (χ1n) is 9.84. The van der Waals surface area contributed by atoms with Gasteiger partial charge in [0.2, 0.25) is 10.0 Å². The highest BCUT2D eigenvalue weighted by Crippen LogP contribution is 2.37. The van der Waals surface area contributed by atoms with Gasteiger partial charge in [0, 0.05) is 24.7 Å². The van der Waals surface area contributed by atoms with E-state index in [0.717, 1.165) is 48.1 Å². The quantitative estimate of drug-likeness (QED) is 0.792. The number of rotatable bonds is 4. The minimum Gasteiger partial charge on any atom is -0.496 e. The van der Waals surface area contributed by atoms with E-state index >= 15 is 0 Å². The van der Waals surface area contributed by atoms with Crippen LogP contribution in [0.3, 0.4) is 0 Å². The van der Waals surface area contributed by atoms with Crippen LogP contribution in [0, 0.1) is 0 Å². The van der Waals surface area contributed by atoms with E-state index in [4.69, 9.17) is 4.74 Å². The minimum absolute atomic E-state index is 0.404. The monoisotopic (exact) mass is 400 g/mol. The number of fused-ring (bicyclic) bond motifs is 2. The highest BCUT2D eigenvalue weighted by molar-refractivity contribution is 7.89. The van der Waals surface area contributed by atoms with E-state index in [0.29, 0.717) is 24.0 Å². The van der Waals surface area contributed by atoms with Crippen LogP contribution in [0.15, 0.2) is 41.3 Å². The lowest BCUT2D eigenvalue weighted by Gasteiger charge is -2.33. The molecule has 4 rings (SSSR count). The summed E-state index contributed by atoms with van der Waals surface area (Å²) in [5.74, 6) is 0.796. The maximum atomic E-state index is 13.6. The maximum Gasteiger partial charge on any atom is 0.243 e. The summed E-state index contributed by atoms with van der Waals surface area (Å²) in [4.78, 5) is 2.67. The van der Waals surface area contributed by atoms with Gasteiger partial charge < -0.3 is 9.64 Å². The van der Waals surface area contributed by atoms with Crippen molar-refractivity contribution in [2.45, 2.75) is 43.2 Å². The van der Waals surface area contributed by atoms with Gasteiger partial charge >= 0.3 is 0 Å². The molecule has 0 bridgehead atoms. The van der Waals surface area contributed by atoms with Crippen molar-refractivity contribution in [3.8, 4) is 5.75 Å². The summed E-state index contributed by atoms with van der Waals surface area (Å²) >= 11 is 0. The molecule has 0 radical (unpaired) electrons. The number of sulfonamides is 1. The number of hydrogen-bond donors (Lipinski definition) is 0. The summed E-state index contributed by atoms with van der Waals surface area (Å²) in [6, 6.07) is 12.1. The molecule has 150 valence electrons. The fourth-order valence-electron chi connectivity index (χ4n) is 4.48. The van der Waals surface area contributed by atoms with Crippen LogP contribution < -0.4 is 4.74 Å². The zero-order chi connectivity index (χ0) is 19.9. The Balaban J connectivity index is 1.72. The Morgan fingerprint density at radius 3 is 2.50 bits per heavy atom. The van der Waals surface area contributed by atoms with Gasteiger partial charge in [0.25, 0.3) is 0 Å². The third-order valence-corrected chi connectivity index (χ3v) is 8.11. The SMILES string of the molecule is COc1ccc(S(=O)(=O)N2CCc3ccccc3C2)c2c1C[C@@H](N(C)C)CC2. The Morgan fingerprint density at radius 2 is 1.79 bits per heavy atom. The molecule has 0 unspecified atom stereocenters.